The van der Waals surface area contributed by atoms with E-state index in [9.17, 15) is 13.2 Å². The van der Waals surface area contributed by atoms with Gasteiger partial charge >= 0.3 is 13.3 Å². The molecule has 20 heavy (non-hydrogen) atoms. The van der Waals surface area contributed by atoms with Gasteiger partial charge in [-0.25, -0.2) is 0 Å². The van der Waals surface area contributed by atoms with Gasteiger partial charge in [0.2, 0.25) is 0 Å². The van der Waals surface area contributed by atoms with Gasteiger partial charge in [-0.15, -0.1) is 0 Å². The van der Waals surface area contributed by atoms with Crippen molar-refractivity contribution in [2.75, 3.05) is 19.8 Å². The van der Waals surface area contributed by atoms with Gasteiger partial charge in [-0.2, -0.15) is 13.2 Å². The van der Waals surface area contributed by atoms with Crippen molar-refractivity contribution in [3.63, 3.8) is 0 Å². The fourth-order valence-electron chi connectivity index (χ4n) is 1.53. The number of rotatable bonds is 7. The summed E-state index contributed by atoms with van der Waals surface area (Å²) in [7, 11) is -1.54. The summed E-state index contributed by atoms with van der Waals surface area (Å²) in [5.41, 5.74) is 1.06. The monoisotopic (exact) mass is 292 g/mol. The van der Waals surface area contributed by atoms with E-state index in [1.807, 2.05) is 0 Å². The van der Waals surface area contributed by atoms with Crippen molar-refractivity contribution in [1.29, 1.82) is 0 Å². The molecular formula is C12H16BF3O4. The molecule has 0 bridgehead atoms. The van der Waals surface area contributed by atoms with Gasteiger partial charge in [0.25, 0.3) is 0 Å². The molecule has 2 N–H and O–H groups in total. The molecule has 1 rings (SSSR count). The average Bonchev–Trinajstić information content (AvgIpc) is 2.33. The minimum absolute atomic E-state index is 0.0357. The molecule has 0 fully saturated rings. The topological polar surface area (TPSA) is 58.9 Å². The number of benzene rings is 1. The molecule has 112 valence electrons. The van der Waals surface area contributed by atoms with E-state index in [0.717, 1.165) is 0 Å². The number of aryl methyl sites for hydroxylation is 1. The Bertz CT molecular complexity index is 424. The maximum Gasteiger partial charge on any atom is 0.488 e. The maximum atomic E-state index is 11.8. The molecule has 0 aliphatic carbocycles. The number of hydrogen-bond acceptors (Lipinski definition) is 4. The van der Waals surface area contributed by atoms with Gasteiger partial charge in [-0.05, 0) is 24.0 Å². The molecule has 0 unspecified atom stereocenters. The first-order chi connectivity index (χ1) is 9.29. The quantitative estimate of drug-likeness (QED) is 0.582. The fraction of sp³-hybridized carbons (Fsp3) is 0.500. The molecule has 0 aliphatic heterocycles. The normalized spacial score (nSPS) is 11.5. The van der Waals surface area contributed by atoms with Gasteiger partial charge in [0, 0.05) is 6.42 Å². The third kappa shape index (κ3) is 6.27. The van der Waals surface area contributed by atoms with E-state index in [1.54, 1.807) is 19.1 Å². The molecule has 8 heteroatoms. The largest absolute Gasteiger partial charge is 0.493 e. The zero-order valence-electron chi connectivity index (χ0n) is 11.0. The van der Waals surface area contributed by atoms with Crippen LogP contribution >= 0.6 is 0 Å². The highest BCUT2D eigenvalue weighted by atomic mass is 19.4. The Morgan fingerprint density at radius 3 is 2.45 bits per heavy atom. The smallest absolute Gasteiger partial charge is 0.488 e. The molecule has 1 aromatic rings. The predicted octanol–water partition coefficient (Wildman–Crippen LogP) is 1.02. The van der Waals surface area contributed by atoms with E-state index in [0.29, 0.717) is 23.2 Å². The molecule has 0 atom stereocenters. The van der Waals surface area contributed by atoms with Crippen LogP contribution in [0.1, 0.15) is 12.0 Å². The first-order valence-electron chi connectivity index (χ1n) is 6.03. The lowest BCUT2D eigenvalue weighted by Gasteiger charge is -2.11. The van der Waals surface area contributed by atoms with E-state index in [2.05, 4.69) is 4.74 Å². The van der Waals surface area contributed by atoms with Crippen LogP contribution in [-0.4, -0.2) is 43.2 Å². The molecule has 0 aliphatic rings. The molecule has 0 heterocycles. The highest BCUT2D eigenvalue weighted by molar-refractivity contribution is 6.58. The maximum absolute atomic E-state index is 11.8. The summed E-state index contributed by atoms with van der Waals surface area (Å²) in [6, 6.07) is 4.66. The number of halogens is 3. The van der Waals surface area contributed by atoms with Crippen molar-refractivity contribution in [2.45, 2.75) is 19.5 Å². The van der Waals surface area contributed by atoms with Crippen LogP contribution in [0.25, 0.3) is 0 Å². The lowest BCUT2D eigenvalue weighted by molar-refractivity contribution is -0.174. The number of ether oxygens (including phenoxy) is 2. The Balaban J connectivity index is 2.29. The van der Waals surface area contributed by atoms with Crippen molar-refractivity contribution in [3.8, 4) is 5.75 Å². The third-order valence-corrected chi connectivity index (χ3v) is 2.45. The van der Waals surface area contributed by atoms with Gasteiger partial charge < -0.3 is 19.5 Å². The lowest BCUT2D eigenvalue weighted by Crippen LogP contribution is -2.29. The Kier molecular flexibility index (Phi) is 6.32. The summed E-state index contributed by atoms with van der Waals surface area (Å²) in [5.74, 6) is 0.547. The summed E-state index contributed by atoms with van der Waals surface area (Å²) >= 11 is 0. The standard InChI is InChI=1S/C12H16BF3O4/c1-9-7-10(13(17)18)3-4-11(9)20-6-2-5-19-8-12(14,15)16/h3-4,7,17-18H,2,5-6,8H2,1H3. The Hall–Kier alpha value is -1.25. The van der Waals surface area contributed by atoms with Gasteiger partial charge in [0.05, 0.1) is 13.2 Å². The summed E-state index contributed by atoms with van der Waals surface area (Å²) in [5, 5.41) is 18.0. The molecule has 0 radical (unpaired) electrons. The van der Waals surface area contributed by atoms with E-state index in [1.165, 1.54) is 6.07 Å². The van der Waals surface area contributed by atoms with Gasteiger partial charge in [-0.3, -0.25) is 0 Å². The minimum Gasteiger partial charge on any atom is -0.493 e. The summed E-state index contributed by atoms with van der Waals surface area (Å²) in [4.78, 5) is 0. The molecule has 4 nitrogen and oxygen atoms in total. The lowest BCUT2D eigenvalue weighted by atomic mass is 9.79. The van der Waals surface area contributed by atoms with Crippen LogP contribution in [0.5, 0.6) is 5.75 Å². The van der Waals surface area contributed by atoms with Crippen molar-refractivity contribution in [1.82, 2.24) is 0 Å². The van der Waals surface area contributed by atoms with Crippen LogP contribution in [0, 0.1) is 6.92 Å². The average molecular weight is 292 g/mol. The second-order valence-electron chi connectivity index (χ2n) is 4.27. The van der Waals surface area contributed by atoms with E-state index >= 15 is 0 Å². The SMILES string of the molecule is Cc1cc(B(O)O)ccc1OCCCOCC(F)(F)F. The Labute approximate surface area is 115 Å². The zero-order chi connectivity index (χ0) is 15.2. The Morgan fingerprint density at radius 1 is 1.20 bits per heavy atom. The van der Waals surface area contributed by atoms with Crippen LogP contribution in [0.15, 0.2) is 18.2 Å². The molecular weight excluding hydrogens is 276 g/mol. The van der Waals surface area contributed by atoms with Crippen molar-refractivity contribution in [3.05, 3.63) is 23.8 Å². The molecule has 0 saturated carbocycles. The second-order valence-corrected chi connectivity index (χ2v) is 4.27. The molecule has 0 spiro atoms. The molecule has 1 aromatic carbocycles. The van der Waals surface area contributed by atoms with Crippen LogP contribution in [0.3, 0.4) is 0 Å². The Morgan fingerprint density at radius 2 is 1.90 bits per heavy atom. The van der Waals surface area contributed by atoms with Crippen molar-refractivity contribution in [2.24, 2.45) is 0 Å². The van der Waals surface area contributed by atoms with Crippen LogP contribution in [0.2, 0.25) is 0 Å². The number of alkyl halides is 3. The van der Waals surface area contributed by atoms with Gasteiger partial charge in [0.15, 0.2) is 0 Å². The summed E-state index contributed by atoms with van der Waals surface area (Å²) in [6.45, 7) is 0.669. The first kappa shape index (κ1) is 16.8. The molecule has 0 aromatic heterocycles. The third-order valence-electron chi connectivity index (χ3n) is 2.45. The van der Waals surface area contributed by atoms with Gasteiger partial charge in [-0.1, -0.05) is 12.1 Å². The first-order valence-corrected chi connectivity index (χ1v) is 6.03. The van der Waals surface area contributed by atoms with Crippen LogP contribution < -0.4 is 10.2 Å². The number of hydrogen-bond donors (Lipinski definition) is 2. The van der Waals surface area contributed by atoms with Crippen molar-refractivity contribution < 1.29 is 32.7 Å². The van der Waals surface area contributed by atoms with Crippen LogP contribution in [-0.2, 0) is 4.74 Å². The van der Waals surface area contributed by atoms with Gasteiger partial charge in [0.1, 0.15) is 12.4 Å². The summed E-state index contributed by atoms with van der Waals surface area (Å²) in [6.07, 6.45) is -3.97. The van der Waals surface area contributed by atoms with E-state index in [4.69, 9.17) is 14.8 Å². The molecule has 0 saturated heterocycles. The summed E-state index contributed by atoms with van der Waals surface area (Å²) < 4.78 is 45.2. The highest BCUT2D eigenvalue weighted by Crippen LogP contribution is 2.16. The van der Waals surface area contributed by atoms with Crippen molar-refractivity contribution >= 4 is 12.6 Å². The van der Waals surface area contributed by atoms with Crippen LogP contribution in [0.4, 0.5) is 13.2 Å². The minimum atomic E-state index is -4.31. The zero-order valence-corrected chi connectivity index (χ0v) is 11.0. The highest BCUT2D eigenvalue weighted by Gasteiger charge is 2.27. The fourth-order valence-corrected chi connectivity index (χ4v) is 1.53. The predicted molar refractivity (Wildman–Crippen MR) is 68.0 cm³/mol. The van der Waals surface area contributed by atoms with E-state index < -0.39 is 19.9 Å². The molecule has 0 amide bonds. The van der Waals surface area contributed by atoms with E-state index in [-0.39, 0.29) is 13.2 Å². The second kappa shape index (κ2) is 7.51.